The van der Waals surface area contributed by atoms with E-state index in [-0.39, 0.29) is 6.54 Å². The number of hydrogen-bond acceptors (Lipinski definition) is 5. The Hall–Kier alpha value is -2.15. The van der Waals surface area contributed by atoms with Crippen LogP contribution in [-0.2, 0) is 11.3 Å². The van der Waals surface area contributed by atoms with Gasteiger partial charge in [-0.1, -0.05) is 12.1 Å². The number of carbonyl (C=O) groups is 1. The van der Waals surface area contributed by atoms with Crippen LogP contribution >= 0.6 is 15.9 Å². The van der Waals surface area contributed by atoms with Crippen molar-refractivity contribution in [1.82, 2.24) is 9.97 Å². The Labute approximate surface area is 124 Å². The Balaban J connectivity index is 2.29. The van der Waals surface area contributed by atoms with Crippen LogP contribution in [0.15, 0.2) is 41.3 Å². The van der Waals surface area contributed by atoms with Crippen molar-refractivity contribution in [2.75, 3.05) is 17.2 Å². The number of hydrogen-bond donors (Lipinski definition) is 2. The predicted molar refractivity (Wildman–Crippen MR) is 80.8 cm³/mol. The smallest absolute Gasteiger partial charge is 0.237 e. The van der Waals surface area contributed by atoms with Crippen molar-refractivity contribution in [2.45, 2.75) is 6.54 Å². The third kappa shape index (κ3) is 3.67. The second-order valence-electron chi connectivity index (χ2n) is 4.26. The summed E-state index contributed by atoms with van der Waals surface area (Å²) in [6, 6.07) is 7.45. The molecular weight excluding hydrogens is 322 g/mol. The summed E-state index contributed by atoms with van der Waals surface area (Å²) in [6.07, 6.45) is 3.04. The normalized spacial score (nSPS) is 10.2. The van der Waals surface area contributed by atoms with E-state index < -0.39 is 5.91 Å². The SMILES string of the molecule is NC(=O)CN(Cc1cccc(N)c1)c1ncncc1Br. The fourth-order valence-electron chi connectivity index (χ4n) is 1.84. The lowest BCUT2D eigenvalue weighted by Gasteiger charge is -2.23. The molecule has 0 unspecified atom stereocenters. The molecule has 2 rings (SSSR count). The molecule has 1 amide bonds. The molecule has 104 valence electrons. The number of benzene rings is 1. The molecule has 0 saturated carbocycles. The summed E-state index contributed by atoms with van der Waals surface area (Å²) >= 11 is 3.37. The van der Waals surface area contributed by atoms with Crippen molar-refractivity contribution in [3.63, 3.8) is 0 Å². The van der Waals surface area contributed by atoms with Gasteiger partial charge in [0.05, 0.1) is 11.0 Å². The van der Waals surface area contributed by atoms with Crippen LogP contribution in [0.1, 0.15) is 5.56 Å². The maximum atomic E-state index is 11.2. The molecule has 0 bridgehead atoms. The van der Waals surface area contributed by atoms with Gasteiger partial charge >= 0.3 is 0 Å². The molecule has 0 aliphatic rings. The molecule has 0 aliphatic carbocycles. The van der Waals surface area contributed by atoms with Crippen LogP contribution in [0.5, 0.6) is 0 Å². The fourth-order valence-corrected chi connectivity index (χ4v) is 2.32. The summed E-state index contributed by atoms with van der Waals surface area (Å²) in [7, 11) is 0. The van der Waals surface area contributed by atoms with Gasteiger partial charge in [0.2, 0.25) is 5.91 Å². The highest BCUT2D eigenvalue weighted by atomic mass is 79.9. The summed E-state index contributed by atoms with van der Waals surface area (Å²) in [6.45, 7) is 0.536. The standard InChI is InChI=1S/C13H14BrN5O/c14-11-5-17-8-18-13(11)19(7-12(16)20)6-9-2-1-3-10(15)4-9/h1-5,8H,6-7,15H2,(H2,16,20). The highest BCUT2D eigenvalue weighted by Crippen LogP contribution is 2.23. The minimum Gasteiger partial charge on any atom is -0.399 e. The molecule has 0 saturated heterocycles. The maximum absolute atomic E-state index is 11.2. The first kappa shape index (κ1) is 14.3. The third-order valence-corrected chi connectivity index (χ3v) is 3.18. The predicted octanol–water partition coefficient (Wildman–Crippen LogP) is 1.31. The average Bonchev–Trinajstić information content (AvgIpc) is 2.38. The Bertz CT molecular complexity index is 619. The summed E-state index contributed by atoms with van der Waals surface area (Å²) in [5, 5.41) is 0. The topological polar surface area (TPSA) is 98.1 Å². The molecule has 1 heterocycles. The van der Waals surface area contributed by atoms with E-state index in [4.69, 9.17) is 11.5 Å². The quantitative estimate of drug-likeness (QED) is 0.803. The summed E-state index contributed by atoms with van der Waals surface area (Å²) in [4.78, 5) is 21.1. The van der Waals surface area contributed by atoms with Crippen LogP contribution in [0, 0.1) is 0 Å². The van der Waals surface area contributed by atoms with Crippen molar-refractivity contribution in [1.29, 1.82) is 0 Å². The molecule has 0 atom stereocenters. The Kier molecular flexibility index (Phi) is 4.52. The van der Waals surface area contributed by atoms with Crippen molar-refractivity contribution in [2.24, 2.45) is 5.73 Å². The van der Waals surface area contributed by atoms with Gasteiger partial charge in [-0.15, -0.1) is 0 Å². The lowest BCUT2D eigenvalue weighted by molar-refractivity contribution is -0.116. The van der Waals surface area contributed by atoms with Gasteiger partial charge in [-0.25, -0.2) is 9.97 Å². The second kappa shape index (κ2) is 6.33. The first-order chi connectivity index (χ1) is 9.56. The van der Waals surface area contributed by atoms with Crippen molar-refractivity contribution in [3.8, 4) is 0 Å². The van der Waals surface area contributed by atoms with E-state index in [0.29, 0.717) is 22.5 Å². The molecule has 0 fully saturated rings. The monoisotopic (exact) mass is 335 g/mol. The van der Waals surface area contributed by atoms with Gasteiger partial charge in [0.1, 0.15) is 12.1 Å². The summed E-state index contributed by atoms with van der Waals surface area (Å²) in [5.74, 6) is 0.181. The van der Waals surface area contributed by atoms with Crippen molar-refractivity contribution < 1.29 is 4.79 Å². The highest BCUT2D eigenvalue weighted by molar-refractivity contribution is 9.10. The first-order valence-electron chi connectivity index (χ1n) is 5.89. The maximum Gasteiger partial charge on any atom is 0.237 e. The molecular formula is C13H14BrN5O. The molecule has 7 heteroatoms. The van der Waals surface area contributed by atoms with E-state index >= 15 is 0 Å². The van der Waals surface area contributed by atoms with E-state index in [1.807, 2.05) is 24.3 Å². The minimum absolute atomic E-state index is 0.0599. The molecule has 1 aromatic carbocycles. The molecule has 0 aliphatic heterocycles. The van der Waals surface area contributed by atoms with Crippen LogP contribution in [0.4, 0.5) is 11.5 Å². The number of carbonyl (C=O) groups excluding carboxylic acids is 1. The number of rotatable bonds is 5. The molecule has 4 N–H and O–H groups in total. The number of amides is 1. The number of nitrogens with two attached hydrogens (primary N) is 2. The van der Waals surface area contributed by atoms with Gasteiger partial charge in [0.25, 0.3) is 0 Å². The lowest BCUT2D eigenvalue weighted by Crippen LogP contribution is -2.34. The first-order valence-corrected chi connectivity index (χ1v) is 6.68. The number of halogens is 1. The van der Waals surface area contributed by atoms with Gasteiger partial charge in [0.15, 0.2) is 0 Å². The highest BCUT2D eigenvalue weighted by Gasteiger charge is 2.14. The molecule has 6 nitrogen and oxygen atoms in total. The van der Waals surface area contributed by atoms with Gasteiger partial charge in [-0.3, -0.25) is 4.79 Å². The zero-order valence-corrected chi connectivity index (χ0v) is 12.2. The van der Waals surface area contributed by atoms with E-state index in [2.05, 4.69) is 25.9 Å². The lowest BCUT2D eigenvalue weighted by atomic mass is 10.2. The van der Waals surface area contributed by atoms with Gasteiger partial charge < -0.3 is 16.4 Å². The van der Waals surface area contributed by atoms with Crippen molar-refractivity contribution in [3.05, 3.63) is 46.8 Å². The number of aromatic nitrogens is 2. The molecule has 0 spiro atoms. The summed E-state index contributed by atoms with van der Waals surface area (Å²) in [5.41, 5.74) is 12.7. The van der Waals surface area contributed by atoms with E-state index in [1.165, 1.54) is 6.33 Å². The summed E-state index contributed by atoms with van der Waals surface area (Å²) < 4.78 is 0.699. The Morgan fingerprint density at radius 2 is 2.20 bits per heavy atom. The van der Waals surface area contributed by atoms with Crippen LogP contribution in [0.25, 0.3) is 0 Å². The van der Waals surface area contributed by atoms with Gasteiger partial charge in [0, 0.05) is 18.4 Å². The van der Waals surface area contributed by atoms with Crippen LogP contribution in [-0.4, -0.2) is 22.4 Å². The minimum atomic E-state index is -0.431. The van der Waals surface area contributed by atoms with Crippen LogP contribution in [0.3, 0.4) is 0 Å². The number of nitrogen functional groups attached to an aromatic ring is 1. The van der Waals surface area contributed by atoms with Gasteiger partial charge in [-0.05, 0) is 33.6 Å². The largest absolute Gasteiger partial charge is 0.399 e. The van der Waals surface area contributed by atoms with E-state index in [9.17, 15) is 4.79 Å². The van der Waals surface area contributed by atoms with E-state index in [1.54, 1.807) is 11.1 Å². The molecule has 0 radical (unpaired) electrons. The molecule has 1 aromatic heterocycles. The third-order valence-electron chi connectivity index (χ3n) is 2.62. The second-order valence-corrected chi connectivity index (χ2v) is 5.12. The Morgan fingerprint density at radius 1 is 1.40 bits per heavy atom. The number of primary amides is 1. The zero-order chi connectivity index (χ0) is 14.5. The Morgan fingerprint density at radius 3 is 2.85 bits per heavy atom. The average molecular weight is 336 g/mol. The molecule has 2 aromatic rings. The van der Waals surface area contributed by atoms with Crippen LogP contribution < -0.4 is 16.4 Å². The van der Waals surface area contributed by atoms with Gasteiger partial charge in [-0.2, -0.15) is 0 Å². The number of nitrogens with zero attached hydrogens (tertiary/aromatic N) is 3. The van der Waals surface area contributed by atoms with Crippen LogP contribution in [0.2, 0.25) is 0 Å². The zero-order valence-electron chi connectivity index (χ0n) is 10.7. The molecule has 20 heavy (non-hydrogen) atoms. The fraction of sp³-hybridized carbons (Fsp3) is 0.154. The van der Waals surface area contributed by atoms with Crippen molar-refractivity contribution >= 4 is 33.3 Å². The van der Waals surface area contributed by atoms with E-state index in [0.717, 1.165) is 5.56 Å². The number of anilines is 2.